The van der Waals surface area contributed by atoms with Crippen molar-refractivity contribution in [3.63, 3.8) is 0 Å². The molecule has 0 fully saturated rings. The van der Waals surface area contributed by atoms with Crippen LogP contribution in [0.3, 0.4) is 0 Å². The van der Waals surface area contributed by atoms with Crippen molar-refractivity contribution < 1.29 is 34.8 Å². The Morgan fingerprint density at radius 1 is 0.774 bits per heavy atom. The summed E-state index contributed by atoms with van der Waals surface area (Å²) in [5.41, 5.74) is -3.81. The number of nitrogens with one attached hydrogen (secondary N) is 1. The standard InChI is InChI=1S/C20H14F6N2O2S/c1-28(2)20-12(21)8-10(9-13(20)22)14-15(23)16(24)17(25)18(26)19(14)27-31(29,30)11-6-4-3-5-7-11/h3-9,27H,1-2H3. The van der Waals surface area contributed by atoms with E-state index in [4.69, 9.17) is 0 Å². The van der Waals surface area contributed by atoms with E-state index in [0.717, 1.165) is 17.0 Å². The highest BCUT2D eigenvalue weighted by Crippen LogP contribution is 2.39. The van der Waals surface area contributed by atoms with E-state index in [1.165, 1.54) is 32.3 Å². The highest BCUT2D eigenvalue weighted by atomic mass is 32.2. The average Bonchev–Trinajstić information content (AvgIpc) is 2.70. The molecule has 0 radical (unpaired) electrons. The molecule has 0 saturated carbocycles. The molecule has 164 valence electrons. The summed E-state index contributed by atoms with van der Waals surface area (Å²) in [5.74, 6) is -11.1. The zero-order valence-corrected chi connectivity index (χ0v) is 16.8. The molecular formula is C20H14F6N2O2S. The number of hydrogen-bond donors (Lipinski definition) is 1. The Kier molecular flexibility index (Phi) is 5.90. The molecule has 0 aliphatic rings. The lowest BCUT2D eigenvalue weighted by Crippen LogP contribution is -2.17. The first-order valence-electron chi connectivity index (χ1n) is 8.56. The molecule has 3 rings (SSSR count). The summed E-state index contributed by atoms with van der Waals surface area (Å²) < 4.78 is 112. The van der Waals surface area contributed by atoms with Crippen molar-refractivity contribution in [1.29, 1.82) is 0 Å². The van der Waals surface area contributed by atoms with E-state index in [0.29, 0.717) is 12.1 Å². The fraction of sp³-hybridized carbons (Fsp3) is 0.100. The molecule has 0 atom stereocenters. The average molecular weight is 460 g/mol. The lowest BCUT2D eigenvalue weighted by molar-refractivity contribution is 0.413. The first-order valence-corrected chi connectivity index (χ1v) is 10.0. The second kappa shape index (κ2) is 8.14. The molecule has 3 aromatic carbocycles. The monoisotopic (exact) mass is 460 g/mol. The zero-order valence-electron chi connectivity index (χ0n) is 16.0. The van der Waals surface area contributed by atoms with E-state index in [-0.39, 0.29) is 0 Å². The highest BCUT2D eigenvalue weighted by Gasteiger charge is 2.30. The van der Waals surface area contributed by atoms with Gasteiger partial charge in [-0.15, -0.1) is 0 Å². The highest BCUT2D eigenvalue weighted by molar-refractivity contribution is 7.92. The molecule has 0 heterocycles. The maximum atomic E-state index is 14.6. The van der Waals surface area contributed by atoms with Gasteiger partial charge in [-0.3, -0.25) is 4.72 Å². The number of sulfonamides is 1. The molecule has 4 nitrogen and oxygen atoms in total. The molecule has 0 saturated heterocycles. The van der Waals surface area contributed by atoms with Crippen LogP contribution < -0.4 is 9.62 Å². The fourth-order valence-corrected chi connectivity index (χ4v) is 4.02. The van der Waals surface area contributed by atoms with E-state index in [2.05, 4.69) is 0 Å². The summed E-state index contributed by atoms with van der Waals surface area (Å²) in [4.78, 5) is 0.668. The van der Waals surface area contributed by atoms with E-state index in [1.807, 2.05) is 0 Å². The zero-order chi connectivity index (χ0) is 23.1. The maximum Gasteiger partial charge on any atom is 0.262 e. The van der Waals surface area contributed by atoms with Crippen LogP contribution in [0.1, 0.15) is 0 Å². The van der Waals surface area contributed by atoms with E-state index in [1.54, 1.807) is 4.72 Å². The molecular weight excluding hydrogens is 446 g/mol. The third-order valence-electron chi connectivity index (χ3n) is 4.31. The third-order valence-corrected chi connectivity index (χ3v) is 5.68. The number of hydrogen-bond acceptors (Lipinski definition) is 3. The molecule has 0 unspecified atom stereocenters. The lowest BCUT2D eigenvalue weighted by Gasteiger charge is -2.18. The summed E-state index contributed by atoms with van der Waals surface area (Å²) >= 11 is 0. The van der Waals surface area contributed by atoms with Gasteiger partial charge in [0, 0.05) is 19.7 Å². The smallest absolute Gasteiger partial charge is 0.262 e. The molecule has 0 aromatic heterocycles. The summed E-state index contributed by atoms with van der Waals surface area (Å²) in [6.07, 6.45) is 0. The van der Waals surface area contributed by atoms with Crippen LogP contribution in [0.2, 0.25) is 0 Å². The van der Waals surface area contributed by atoms with Crippen molar-refractivity contribution in [2.45, 2.75) is 4.90 Å². The van der Waals surface area contributed by atoms with Gasteiger partial charge < -0.3 is 4.90 Å². The van der Waals surface area contributed by atoms with Crippen molar-refractivity contribution in [2.75, 3.05) is 23.7 Å². The summed E-state index contributed by atoms with van der Waals surface area (Å²) in [7, 11) is -1.96. The normalized spacial score (nSPS) is 11.5. The predicted octanol–water partition coefficient (Wildman–Crippen LogP) is 5.06. The number of halogens is 6. The van der Waals surface area contributed by atoms with Gasteiger partial charge in [0.25, 0.3) is 10.0 Å². The quantitative estimate of drug-likeness (QED) is 0.329. The number of rotatable bonds is 5. The van der Waals surface area contributed by atoms with Crippen molar-refractivity contribution in [2.24, 2.45) is 0 Å². The minimum Gasteiger partial charge on any atom is -0.373 e. The van der Waals surface area contributed by atoms with Gasteiger partial charge in [-0.05, 0) is 29.8 Å². The molecule has 0 amide bonds. The second-order valence-electron chi connectivity index (χ2n) is 6.61. The molecule has 0 spiro atoms. The Bertz CT molecular complexity index is 1240. The van der Waals surface area contributed by atoms with Crippen LogP contribution in [0.15, 0.2) is 47.4 Å². The second-order valence-corrected chi connectivity index (χ2v) is 8.29. The Morgan fingerprint density at radius 2 is 1.29 bits per heavy atom. The minimum atomic E-state index is -4.60. The largest absolute Gasteiger partial charge is 0.373 e. The van der Waals surface area contributed by atoms with E-state index < -0.39 is 72.3 Å². The number of benzene rings is 3. The first-order chi connectivity index (χ1) is 14.5. The topological polar surface area (TPSA) is 49.4 Å². The SMILES string of the molecule is CN(C)c1c(F)cc(-c2c(F)c(F)c(F)c(F)c2NS(=O)(=O)c2ccccc2)cc1F. The van der Waals surface area contributed by atoms with Crippen LogP contribution in [-0.4, -0.2) is 22.5 Å². The van der Waals surface area contributed by atoms with E-state index >= 15 is 0 Å². The van der Waals surface area contributed by atoms with Crippen molar-refractivity contribution in [3.8, 4) is 11.1 Å². The molecule has 3 aromatic rings. The Morgan fingerprint density at radius 3 is 1.81 bits per heavy atom. The van der Waals surface area contributed by atoms with Gasteiger partial charge in [0.05, 0.1) is 10.6 Å². The van der Waals surface area contributed by atoms with Crippen LogP contribution >= 0.6 is 0 Å². The molecule has 0 bridgehead atoms. The predicted molar refractivity (Wildman–Crippen MR) is 103 cm³/mol. The van der Waals surface area contributed by atoms with Crippen LogP contribution in [-0.2, 0) is 10.0 Å². The van der Waals surface area contributed by atoms with Gasteiger partial charge in [0.15, 0.2) is 23.3 Å². The Labute approximate surface area is 173 Å². The van der Waals surface area contributed by atoms with Gasteiger partial charge >= 0.3 is 0 Å². The molecule has 0 aliphatic heterocycles. The van der Waals surface area contributed by atoms with Crippen LogP contribution in [0.5, 0.6) is 0 Å². The van der Waals surface area contributed by atoms with Crippen LogP contribution in [0, 0.1) is 34.9 Å². The first kappa shape index (κ1) is 22.5. The van der Waals surface area contributed by atoms with Gasteiger partial charge in [-0.2, -0.15) is 0 Å². The summed E-state index contributed by atoms with van der Waals surface area (Å²) in [5, 5.41) is 0. The molecule has 11 heteroatoms. The van der Waals surface area contributed by atoms with Gasteiger partial charge in [0.1, 0.15) is 17.3 Å². The van der Waals surface area contributed by atoms with E-state index in [9.17, 15) is 34.8 Å². The Hall–Kier alpha value is -3.21. The van der Waals surface area contributed by atoms with Gasteiger partial charge in [-0.1, -0.05) is 18.2 Å². The number of anilines is 2. The van der Waals surface area contributed by atoms with Gasteiger partial charge in [0.2, 0.25) is 0 Å². The summed E-state index contributed by atoms with van der Waals surface area (Å²) in [6, 6.07) is 7.48. The molecule has 31 heavy (non-hydrogen) atoms. The van der Waals surface area contributed by atoms with Crippen molar-refractivity contribution >= 4 is 21.4 Å². The third kappa shape index (κ3) is 4.05. The van der Waals surface area contributed by atoms with Gasteiger partial charge in [-0.25, -0.2) is 34.8 Å². The lowest BCUT2D eigenvalue weighted by atomic mass is 10.0. The Balaban J connectivity index is 2.30. The maximum absolute atomic E-state index is 14.6. The van der Waals surface area contributed by atoms with Crippen molar-refractivity contribution in [3.05, 3.63) is 77.4 Å². The number of nitrogens with zero attached hydrogens (tertiary/aromatic N) is 1. The van der Waals surface area contributed by atoms with Crippen molar-refractivity contribution in [1.82, 2.24) is 0 Å². The summed E-state index contributed by atoms with van der Waals surface area (Å²) in [6.45, 7) is 0. The fourth-order valence-electron chi connectivity index (χ4n) is 2.93. The minimum absolute atomic E-state index is 0.397. The molecule has 0 aliphatic carbocycles. The van der Waals surface area contributed by atoms with Crippen LogP contribution in [0.4, 0.5) is 37.7 Å². The van der Waals surface area contributed by atoms with Crippen LogP contribution in [0.25, 0.3) is 11.1 Å². The molecule has 1 N–H and O–H groups in total.